The summed E-state index contributed by atoms with van der Waals surface area (Å²) in [5.74, 6) is -0.578. The number of rotatable bonds is 4. The Kier molecular flexibility index (Phi) is 5.46. The summed E-state index contributed by atoms with van der Waals surface area (Å²) in [6, 6.07) is 19.5. The smallest absolute Gasteiger partial charge is 0.248 e. The molecule has 0 radical (unpaired) electrons. The minimum Gasteiger partial charge on any atom is -0.387 e. The van der Waals surface area contributed by atoms with Gasteiger partial charge in [0.05, 0.1) is 5.92 Å². The first-order valence-electron chi connectivity index (χ1n) is 8.48. The maximum Gasteiger partial charge on any atom is 0.248 e. The van der Waals surface area contributed by atoms with Crippen molar-refractivity contribution in [3.05, 3.63) is 71.8 Å². The maximum absolute atomic E-state index is 13.2. The average molecular weight is 338 g/mol. The van der Waals surface area contributed by atoms with E-state index >= 15 is 0 Å². The van der Waals surface area contributed by atoms with Crippen LogP contribution in [-0.2, 0) is 9.59 Å². The van der Waals surface area contributed by atoms with Gasteiger partial charge in [-0.1, -0.05) is 60.7 Å². The van der Waals surface area contributed by atoms with E-state index in [-0.39, 0.29) is 17.7 Å². The Morgan fingerprint density at radius 3 is 1.68 bits per heavy atom. The first-order valence-corrected chi connectivity index (χ1v) is 8.48. The molecular weight excluding hydrogens is 316 g/mol. The molecule has 1 fully saturated rings. The lowest BCUT2D eigenvalue weighted by Crippen LogP contribution is -2.52. The largest absolute Gasteiger partial charge is 0.387 e. The third-order valence-corrected chi connectivity index (χ3v) is 4.59. The summed E-state index contributed by atoms with van der Waals surface area (Å²) in [5.41, 5.74) is 1.93. The van der Waals surface area contributed by atoms with Crippen molar-refractivity contribution >= 4 is 11.8 Å². The van der Waals surface area contributed by atoms with Crippen molar-refractivity contribution < 1.29 is 14.7 Å². The van der Waals surface area contributed by atoms with E-state index in [1.54, 1.807) is 4.90 Å². The number of hydrogen-bond acceptors (Lipinski definition) is 3. The number of carbonyl (C=O) groups excluding carboxylic acids is 2. The quantitative estimate of drug-likeness (QED) is 0.919. The second kappa shape index (κ2) is 7.94. The van der Waals surface area contributed by atoms with Crippen molar-refractivity contribution in [2.45, 2.75) is 5.92 Å². The summed E-state index contributed by atoms with van der Waals surface area (Å²) in [5, 5.41) is 8.98. The van der Waals surface area contributed by atoms with Crippen LogP contribution >= 0.6 is 0 Å². The molecule has 2 aromatic carbocycles. The first kappa shape index (κ1) is 17.2. The molecule has 1 aliphatic heterocycles. The Morgan fingerprint density at radius 1 is 0.800 bits per heavy atom. The molecule has 0 atom stereocenters. The second-order valence-electron chi connectivity index (χ2n) is 6.12. The zero-order valence-electron chi connectivity index (χ0n) is 14.0. The highest BCUT2D eigenvalue weighted by molar-refractivity contribution is 5.87. The van der Waals surface area contributed by atoms with Gasteiger partial charge >= 0.3 is 0 Å². The molecular formula is C20H22N2O3. The van der Waals surface area contributed by atoms with Gasteiger partial charge in [0.25, 0.3) is 0 Å². The molecule has 25 heavy (non-hydrogen) atoms. The molecule has 5 nitrogen and oxygen atoms in total. The van der Waals surface area contributed by atoms with Gasteiger partial charge in [-0.2, -0.15) is 0 Å². The van der Waals surface area contributed by atoms with Crippen LogP contribution < -0.4 is 0 Å². The molecule has 0 aliphatic carbocycles. The Bertz CT molecular complexity index is 671. The van der Waals surface area contributed by atoms with Crippen molar-refractivity contribution in [3.8, 4) is 0 Å². The standard InChI is InChI=1S/C20H22N2O3/c23-15-18(24)21-11-13-22(14-12-21)20(25)19(16-7-3-1-4-8-16)17-9-5-2-6-10-17/h1-10,19,23H,11-15H2. The van der Waals surface area contributed by atoms with Gasteiger partial charge in [-0.15, -0.1) is 0 Å². The molecule has 1 saturated heterocycles. The SMILES string of the molecule is O=C(CO)N1CCN(C(=O)C(c2ccccc2)c2ccccc2)CC1. The van der Waals surface area contributed by atoms with Crippen LogP contribution in [0.15, 0.2) is 60.7 Å². The molecule has 5 heteroatoms. The van der Waals surface area contributed by atoms with Gasteiger partial charge in [0.15, 0.2) is 0 Å². The molecule has 0 saturated carbocycles. The van der Waals surface area contributed by atoms with Crippen LogP contribution in [0.3, 0.4) is 0 Å². The highest BCUT2D eigenvalue weighted by Gasteiger charge is 2.30. The maximum atomic E-state index is 13.2. The molecule has 2 aromatic rings. The van der Waals surface area contributed by atoms with Crippen LogP contribution in [0.5, 0.6) is 0 Å². The van der Waals surface area contributed by atoms with E-state index in [0.29, 0.717) is 26.2 Å². The first-order chi connectivity index (χ1) is 12.2. The molecule has 3 rings (SSSR count). The van der Waals surface area contributed by atoms with Crippen LogP contribution in [0.2, 0.25) is 0 Å². The lowest BCUT2D eigenvalue weighted by atomic mass is 9.90. The topological polar surface area (TPSA) is 60.9 Å². The number of amides is 2. The lowest BCUT2D eigenvalue weighted by molar-refractivity contribution is -0.141. The monoisotopic (exact) mass is 338 g/mol. The Morgan fingerprint density at radius 2 is 1.24 bits per heavy atom. The predicted octanol–water partition coefficient (Wildman–Crippen LogP) is 1.48. The normalized spacial score (nSPS) is 14.6. The van der Waals surface area contributed by atoms with Crippen molar-refractivity contribution in [3.63, 3.8) is 0 Å². The highest BCUT2D eigenvalue weighted by Crippen LogP contribution is 2.27. The van der Waals surface area contributed by atoms with Crippen molar-refractivity contribution in [1.29, 1.82) is 0 Å². The van der Waals surface area contributed by atoms with Crippen LogP contribution in [0.1, 0.15) is 17.0 Å². The Labute approximate surface area is 147 Å². The number of aliphatic hydroxyl groups excluding tert-OH is 1. The van der Waals surface area contributed by atoms with E-state index in [2.05, 4.69) is 0 Å². The number of nitrogens with zero attached hydrogens (tertiary/aromatic N) is 2. The minimum absolute atomic E-state index is 0.0495. The summed E-state index contributed by atoms with van der Waals surface area (Å²) in [4.78, 5) is 28.2. The van der Waals surface area contributed by atoms with Crippen LogP contribution in [0.25, 0.3) is 0 Å². The van der Waals surface area contributed by atoms with E-state index < -0.39 is 6.61 Å². The fraction of sp³-hybridized carbons (Fsp3) is 0.300. The lowest BCUT2D eigenvalue weighted by Gasteiger charge is -2.36. The zero-order chi connectivity index (χ0) is 17.6. The van der Waals surface area contributed by atoms with Gasteiger partial charge in [0.1, 0.15) is 6.61 Å². The number of aliphatic hydroxyl groups is 1. The molecule has 130 valence electrons. The Balaban J connectivity index is 1.80. The number of benzene rings is 2. The molecule has 2 amide bonds. The van der Waals surface area contributed by atoms with Gasteiger partial charge in [-0.3, -0.25) is 9.59 Å². The van der Waals surface area contributed by atoms with E-state index in [1.165, 1.54) is 0 Å². The fourth-order valence-electron chi connectivity index (χ4n) is 3.23. The van der Waals surface area contributed by atoms with Gasteiger partial charge in [-0.05, 0) is 11.1 Å². The molecule has 0 bridgehead atoms. The zero-order valence-corrected chi connectivity index (χ0v) is 14.0. The molecule has 0 unspecified atom stereocenters. The molecule has 1 aliphatic rings. The third kappa shape index (κ3) is 3.88. The summed E-state index contributed by atoms with van der Waals surface area (Å²) in [6.45, 7) is 1.41. The van der Waals surface area contributed by atoms with Gasteiger partial charge in [0, 0.05) is 26.2 Å². The molecule has 0 aromatic heterocycles. The van der Waals surface area contributed by atoms with E-state index in [4.69, 9.17) is 5.11 Å². The Hall–Kier alpha value is -2.66. The van der Waals surface area contributed by atoms with Crippen molar-refractivity contribution in [2.75, 3.05) is 32.8 Å². The third-order valence-electron chi connectivity index (χ3n) is 4.59. The summed E-state index contributed by atoms with van der Waals surface area (Å²) < 4.78 is 0. The van der Waals surface area contributed by atoms with Crippen LogP contribution in [0, 0.1) is 0 Å². The van der Waals surface area contributed by atoms with E-state index in [9.17, 15) is 9.59 Å². The molecule has 0 spiro atoms. The fourth-order valence-corrected chi connectivity index (χ4v) is 3.23. The average Bonchev–Trinajstić information content (AvgIpc) is 2.69. The van der Waals surface area contributed by atoms with E-state index in [0.717, 1.165) is 11.1 Å². The summed E-state index contributed by atoms with van der Waals surface area (Å²) >= 11 is 0. The van der Waals surface area contributed by atoms with Crippen LogP contribution in [0.4, 0.5) is 0 Å². The summed E-state index contributed by atoms with van der Waals surface area (Å²) in [6.07, 6.45) is 0. The van der Waals surface area contributed by atoms with E-state index in [1.807, 2.05) is 65.6 Å². The number of hydrogen-bond donors (Lipinski definition) is 1. The van der Waals surface area contributed by atoms with Crippen LogP contribution in [-0.4, -0.2) is 59.5 Å². The number of carbonyl (C=O) groups is 2. The van der Waals surface area contributed by atoms with Gasteiger partial charge < -0.3 is 14.9 Å². The molecule has 1 N–H and O–H groups in total. The van der Waals surface area contributed by atoms with Crippen molar-refractivity contribution in [1.82, 2.24) is 9.80 Å². The highest BCUT2D eigenvalue weighted by atomic mass is 16.3. The summed E-state index contributed by atoms with van der Waals surface area (Å²) in [7, 11) is 0. The minimum atomic E-state index is -0.482. The van der Waals surface area contributed by atoms with Gasteiger partial charge in [-0.25, -0.2) is 0 Å². The molecule has 1 heterocycles. The number of piperazine rings is 1. The van der Waals surface area contributed by atoms with Gasteiger partial charge in [0.2, 0.25) is 11.8 Å². The second-order valence-corrected chi connectivity index (χ2v) is 6.12. The van der Waals surface area contributed by atoms with Crippen molar-refractivity contribution in [2.24, 2.45) is 0 Å². The predicted molar refractivity (Wildman–Crippen MR) is 95.0 cm³/mol.